The van der Waals surface area contributed by atoms with E-state index in [4.69, 9.17) is 16.3 Å². The van der Waals surface area contributed by atoms with Gasteiger partial charge in [0.05, 0.1) is 22.2 Å². The smallest absolute Gasteiger partial charge is 0.293 e. The molecule has 3 aromatic rings. The topological polar surface area (TPSA) is 75.7 Å². The number of halogens is 1. The van der Waals surface area contributed by atoms with Crippen molar-refractivity contribution < 1.29 is 19.1 Å². The van der Waals surface area contributed by atoms with Crippen LogP contribution >= 0.6 is 23.4 Å². The van der Waals surface area contributed by atoms with Crippen LogP contribution in [0.25, 0.3) is 6.08 Å². The number of anilines is 1. The van der Waals surface area contributed by atoms with E-state index in [1.165, 1.54) is 4.90 Å². The third-order valence-electron chi connectivity index (χ3n) is 5.14. The minimum absolute atomic E-state index is 0.207. The van der Waals surface area contributed by atoms with Gasteiger partial charge in [0.1, 0.15) is 5.75 Å². The normalized spacial score (nSPS) is 14.5. The number of imide groups is 1. The molecule has 4 rings (SSSR count). The Morgan fingerprint density at radius 3 is 2.62 bits per heavy atom. The zero-order valence-corrected chi connectivity index (χ0v) is 19.9. The van der Waals surface area contributed by atoms with Gasteiger partial charge in [-0.1, -0.05) is 60.1 Å². The summed E-state index contributed by atoms with van der Waals surface area (Å²) in [6.45, 7) is 1.98. The third-order valence-corrected chi connectivity index (χ3v) is 6.37. The summed E-state index contributed by atoms with van der Waals surface area (Å²) in [6, 6.07) is 21.6. The molecule has 1 N–H and O–H groups in total. The lowest BCUT2D eigenvalue weighted by Crippen LogP contribution is -2.27. The van der Waals surface area contributed by atoms with Gasteiger partial charge < -0.3 is 10.1 Å². The molecule has 1 fully saturated rings. The van der Waals surface area contributed by atoms with Gasteiger partial charge in [0, 0.05) is 0 Å². The number of para-hydroxylation sites is 1. The Balaban J connectivity index is 1.40. The second-order valence-corrected chi connectivity index (χ2v) is 8.98. The van der Waals surface area contributed by atoms with Crippen LogP contribution in [0.1, 0.15) is 16.7 Å². The second-order valence-electron chi connectivity index (χ2n) is 7.58. The standard InChI is InChI=1S/C26H21ClN2O4S/c1-17-7-2-3-9-19(17)15-29-25(31)23(34-26(29)32)14-18-8-6-10-20(13-18)33-16-24(30)28-22-12-5-4-11-21(22)27/h2-14H,15-16H2,1H3,(H,28,30)/b23-14-. The molecule has 172 valence electrons. The van der Waals surface area contributed by atoms with Crippen molar-refractivity contribution in [2.75, 3.05) is 11.9 Å². The predicted molar refractivity (Wildman–Crippen MR) is 135 cm³/mol. The highest BCUT2D eigenvalue weighted by Crippen LogP contribution is 2.34. The summed E-state index contributed by atoms with van der Waals surface area (Å²) in [5.74, 6) is -0.221. The molecular weight excluding hydrogens is 472 g/mol. The molecule has 34 heavy (non-hydrogen) atoms. The fraction of sp³-hybridized carbons (Fsp3) is 0.115. The highest BCUT2D eigenvalue weighted by Gasteiger charge is 2.35. The van der Waals surface area contributed by atoms with Crippen LogP contribution in [-0.4, -0.2) is 28.6 Å². The van der Waals surface area contributed by atoms with Crippen LogP contribution in [0.3, 0.4) is 0 Å². The van der Waals surface area contributed by atoms with Crippen molar-refractivity contribution in [3.8, 4) is 5.75 Å². The number of aryl methyl sites for hydroxylation is 1. The minimum Gasteiger partial charge on any atom is -0.484 e. The fourth-order valence-electron chi connectivity index (χ4n) is 3.34. The van der Waals surface area contributed by atoms with Gasteiger partial charge in [-0.2, -0.15) is 0 Å². The predicted octanol–water partition coefficient (Wildman–Crippen LogP) is 5.90. The molecular formula is C26H21ClN2O4S. The number of hydrogen-bond donors (Lipinski definition) is 1. The Bertz CT molecular complexity index is 1290. The van der Waals surface area contributed by atoms with Crippen molar-refractivity contribution in [3.63, 3.8) is 0 Å². The molecule has 0 bridgehead atoms. The van der Waals surface area contributed by atoms with E-state index in [0.717, 1.165) is 22.9 Å². The number of benzene rings is 3. The quantitative estimate of drug-likeness (QED) is 0.415. The molecule has 0 spiro atoms. The van der Waals surface area contributed by atoms with Crippen LogP contribution in [0.4, 0.5) is 10.5 Å². The number of carbonyl (C=O) groups excluding carboxylic acids is 3. The van der Waals surface area contributed by atoms with Gasteiger partial charge >= 0.3 is 0 Å². The number of carbonyl (C=O) groups is 3. The van der Waals surface area contributed by atoms with Crippen molar-refractivity contribution in [2.24, 2.45) is 0 Å². The average Bonchev–Trinajstić information content (AvgIpc) is 3.08. The van der Waals surface area contributed by atoms with E-state index in [2.05, 4.69) is 5.32 Å². The average molecular weight is 493 g/mol. The summed E-state index contributed by atoms with van der Waals surface area (Å²) in [5, 5.41) is 2.83. The van der Waals surface area contributed by atoms with E-state index >= 15 is 0 Å². The van der Waals surface area contributed by atoms with Crippen LogP contribution in [0, 0.1) is 6.92 Å². The maximum Gasteiger partial charge on any atom is 0.293 e. The number of nitrogens with zero attached hydrogens (tertiary/aromatic N) is 1. The number of rotatable bonds is 7. The molecule has 3 amide bonds. The van der Waals surface area contributed by atoms with Gasteiger partial charge in [0.15, 0.2) is 6.61 Å². The van der Waals surface area contributed by atoms with Gasteiger partial charge in [-0.25, -0.2) is 0 Å². The van der Waals surface area contributed by atoms with Gasteiger partial charge in [-0.05, 0) is 65.7 Å². The van der Waals surface area contributed by atoms with Gasteiger partial charge in [0.25, 0.3) is 17.1 Å². The summed E-state index contributed by atoms with van der Waals surface area (Å²) in [6.07, 6.45) is 1.65. The molecule has 1 saturated heterocycles. The Labute approximate surface area is 206 Å². The second kappa shape index (κ2) is 10.6. The number of thioether (sulfide) groups is 1. The monoisotopic (exact) mass is 492 g/mol. The van der Waals surface area contributed by atoms with Crippen molar-refractivity contribution in [2.45, 2.75) is 13.5 Å². The lowest BCUT2D eigenvalue weighted by Gasteiger charge is -2.14. The lowest BCUT2D eigenvalue weighted by molar-refractivity contribution is -0.123. The molecule has 1 aliphatic heterocycles. The van der Waals surface area contributed by atoms with Crippen LogP contribution < -0.4 is 10.1 Å². The van der Waals surface area contributed by atoms with Crippen molar-refractivity contribution in [1.29, 1.82) is 0 Å². The molecule has 8 heteroatoms. The lowest BCUT2D eigenvalue weighted by atomic mass is 10.1. The van der Waals surface area contributed by atoms with Crippen LogP contribution in [0.15, 0.2) is 77.7 Å². The first-order chi connectivity index (χ1) is 16.4. The Morgan fingerprint density at radius 1 is 1.06 bits per heavy atom. The summed E-state index contributed by atoms with van der Waals surface area (Å²) < 4.78 is 5.59. The van der Waals surface area contributed by atoms with Gasteiger partial charge in [-0.3, -0.25) is 19.3 Å². The van der Waals surface area contributed by atoms with E-state index in [9.17, 15) is 14.4 Å². The van der Waals surface area contributed by atoms with Crippen LogP contribution in [-0.2, 0) is 16.1 Å². The molecule has 1 aliphatic rings. The zero-order valence-electron chi connectivity index (χ0n) is 18.3. The highest BCUT2D eigenvalue weighted by molar-refractivity contribution is 8.18. The van der Waals surface area contributed by atoms with E-state index in [1.54, 1.807) is 54.6 Å². The number of amides is 3. The Morgan fingerprint density at radius 2 is 1.82 bits per heavy atom. The molecule has 3 aromatic carbocycles. The molecule has 0 saturated carbocycles. The van der Waals surface area contributed by atoms with Gasteiger partial charge in [0.2, 0.25) is 0 Å². The summed E-state index contributed by atoms with van der Waals surface area (Å²) in [5.41, 5.74) is 3.14. The maximum absolute atomic E-state index is 12.9. The largest absolute Gasteiger partial charge is 0.484 e. The van der Waals surface area contributed by atoms with Crippen molar-refractivity contribution >= 4 is 52.2 Å². The molecule has 1 heterocycles. The molecule has 0 aromatic heterocycles. The molecule has 0 atom stereocenters. The number of ether oxygens (including phenoxy) is 1. The molecule has 6 nitrogen and oxygen atoms in total. The maximum atomic E-state index is 12.9. The number of hydrogen-bond acceptors (Lipinski definition) is 5. The van der Waals surface area contributed by atoms with E-state index in [0.29, 0.717) is 26.9 Å². The van der Waals surface area contributed by atoms with Crippen LogP contribution in [0.5, 0.6) is 5.75 Å². The minimum atomic E-state index is -0.351. The first kappa shape index (κ1) is 23.6. The molecule has 0 aliphatic carbocycles. The summed E-state index contributed by atoms with van der Waals surface area (Å²) >= 11 is 6.96. The summed E-state index contributed by atoms with van der Waals surface area (Å²) in [4.78, 5) is 39.1. The third kappa shape index (κ3) is 5.68. The van der Waals surface area contributed by atoms with Gasteiger partial charge in [-0.15, -0.1) is 0 Å². The fourth-order valence-corrected chi connectivity index (χ4v) is 4.36. The van der Waals surface area contributed by atoms with E-state index in [1.807, 2.05) is 31.2 Å². The van der Waals surface area contributed by atoms with E-state index < -0.39 is 0 Å². The Hall–Kier alpha value is -3.55. The Kier molecular flexibility index (Phi) is 7.35. The first-order valence-corrected chi connectivity index (χ1v) is 11.7. The molecule has 0 radical (unpaired) electrons. The SMILES string of the molecule is Cc1ccccc1CN1C(=O)S/C(=C\c2cccc(OCC(=O)Nc3ccccc3Cl)c2)C1=O. The number of nitrogens with one attached hydrogen (secondary N) is 1. The van der Waals surface area contributed by atoms with Crippen molar-refractivity contribution in [3.05, 3.63) is 99.4 Å². The summed E-state index contributed by atoms with van der Waals surface area (Å²) in [7, 11) is 0. The highest BCUT2D eigenvalue weighted by atomic mass is 35.5. The van der Waals surface area contributed by atoms with Crippen molar-refractivity contribution in [1.82, 2.24) is 4.90 Å². The first-order valence-electron chi connectivity index (χ1n) is 10.5. The van der Waals surface area contributed by atoms with E-state index in [-0.39, 0.29) is 30.2 Å². The zero-order chi connectivity index (χ0) is 24.1. The molecule has 0 unspecified atom stereocenters. The van der Waals surface area contributed by atoms with Crippen LogP contribution in [0.2, 0.25) is 5.02 Å².